The van der Waals surface area contributed by atoms with Gasteiger partial charge in [-0.15, -0.1) is 0 Å². The van der Waals surface area contributed by atoms with Crippen LogP contribution >= 0.6 is 0 Å². The zero-order valence-corrected chi connectivity index (χ0v) is 13.7. The lowest BCUT2D eigenvalue weighted by Gasteiger charge is -2.19. The van der Waals surface area contributed by atoms with Crippen LogP contribution in [0.4, 0.5) is 5.82 Å². The van der Waals surface area contributed by atoms with Crippen LogP contribution in [-0.2, 0) is 11.8 Å². The van der Waals surface area contributed by atoms with E-state index in [1.54, 1.807) is 0 Å². The van der Waals surface area contributed by atoms with Crippen molar-refractivity contribution in [2.75, 3.05) is 11.9 Å². The second-order valence-corrected chi connectivity index (χ2v) is 6.27. The van der Waals surface area contributed by atoms with Crippen LogP contribution in [0.25, 0.3) is 11.3 Å². The van der Waals surface area contributed by atoms with Crippen molar-refractivity contribution in [2.45, 2.75) is 46.5 Å². The number of aryl methyl sites for hydroxylation is 1. The van der Waals surface area contributed by atoms with E-state index in [0.717, 1.165) is 35.9 Å². The molecule has 1 aromatic heterocycles. The zero-order valence-electron chi connectivity index (χ0n) is 13.7. The third-order valence-electron chi connectivity index (χ3n) is 3.49. The highest BCUT2D eigenvalue weighted by Crippen LogP contribution is 2.26. The van der Waals surface area contributed by atoms with Crippen molar-refractivity contribution < 1.29 is 0 Å². The summed E-state index contributed by atoms with van der Waals surface area (Å²) in [6.07, 6.45) is 0.840. The molecule has 0 aliphatic heterocycles. The molecule has 0 saturated heterocycles. The maximum atomic E-state index is 4.65. The number of rotatable bonds is 4. The van der Waals surface area contributed by atoms with E-state index >= 15 is 0 Å². The Morgan fingerprint density at radius 2 is 1.67 bits per heavy atom. The SMILES string of the molecule is CCNc1cc(-c2ccc(C(C)(C)C)cc2)nc(CC)n1. The fourth-order valence-electron chi connectivity index (χ4n) is 2.22. The average Bonchev–Trinajstić information content (AvgIpc) is 2.46. The second kappa shape index (κ2) is 6.25. The number of hydrogen-bond acceptors (Lipinski definition) is 3. The maximum Gasteiger partial charge on any atom is 0.131 e. The van der Waals surface area contributed by atoms with Gasteiger partial charge in [0.05, 0.1) is 5.69 Å². The molecular formula is C18H25N3. The van der Waals surface area contributed by atoms with Crippen LogP contribution in [0, 0.1) is 0 Å². The van der Waals surface area contributed by atoms with Gasteiger partial charge in [0.15, 0.2) is 0 Å². The molecule has 0 amide bonds. The van der Waals surface area contributed by atoms with E-state index < -0.39 is 0 Å². The van der Waals surface area contributed by atoms with Gasteiger partial charge in [-0.05, 0) is 17.9 Å². The van der Waals surface area contributed by atoms with Gasteiger partial charge in [0, 0.05) is 24.6 Å². The molecule has 0 aliphatic rings. The van der Waals surface area contributed by atoms with Crippen molar-refractivity contribution in [1.29, 1.82) is 0 Å². The summed E-state index contributed by atoms with van der Waals surface area (Å²) in [5.41, 5.74) is 3.63. The minimum atomic E-state index is 0.174. The molecule has 0 spiro atoms. The van der Waals surface area contributed by atoms with Crippen molar-refractivity contribution in [3.8, 4) is 11.3 Å². The lowest BCUT2D eigenvalue weighted by atomic mass is 9.86. The van der Waals surface area contributed by atoms with Crippen LogP contribution in [0.2, 0.25) is 0 Å². The molecule has 0 unspecified atom stereocenters. The van der Waals surface area contributed by atoms with Gasteiger partial charge in [-0.1, -0.05) is 52.0 Å². The quantitative estimate of drug-likeness (QED) is 0.901. The molecule has 112 valence electrons. The molecule has 1 heterocycles. The van der Waals surface area contributed by atoms with E-state index in [4.69, 9.17) is 0 Å². The first-order valence-electron chi connectivity index (χ1n) is 7.66. The highest BCUT2D eigenvalue weighted by atomic mass is 15.0. The Labute approximate surface area is 127 Å². The summed E-state index contributed by atoms with van der Waals surface area (Å²) in [5.74, 6) is 1.78. The number of aromatic nitrogens is 2. The molecule has 2 aromatic rings. The predicted octanol–water partition coefficient (Wildman–Crippen LogP) is 4.44. The van der Waals surface area contributed by atoms with Crippen LogP contribution in [0.15, 0.2) is 30.3 Å². The third-order valence-corrected chi connectivity index (χ3v) is 3.49. The summed E-state index contributed by atoms with van der Waals surface area (Å²) in [4.78, 5) is 9.15. The maximum absolute atomic E-state index is 4.65. The third kappa shape index (κ3) is 3.81. The van der Waals surface area contributed by atoms with Crippen molar-refractivity contribution in [2.24, 2.45) is 0 Å². The largest absolute Gasteiger partial charge is 0.370 e. The lowest BCUT2D eigenvalue weighted by molar-refractivity contribution is 0.590. The summed E-state index contributed by atoms with van der Waals surface area (Å²) in [5, 5.41) is 3.28. The highest BCUT2D eigenvalue weighted by Gasteiger charge is 2.13. The van der Waals surface area contributed by atoms with Gasteiger partial charge in [-0.25, -0.2) is 9.97 Å². The number of nitrogens with one attached hydrogen (secondary N) is 1. The zero-order chi connectivity index (χ0) is 15.5. The monoisotopic (exact) mass is 283 g/mol. The van der Waals surface area contributed by atoms with Gasteiger partial charge < -0.3 is 5.32 Å². The number of benzene rings is 1. The lowest BCUT2D eigenvalue weighted by Crippen LogP contribution is -2.10. The smallest absolute Gasteiger partial charge is 0.131 e. The molecular weight excluding hydrogens is 258 g/mol. The van der Waals surface area contributed by atoms with Crippen LogP contribution in [0.1, 0.15) is 46.0 Å². The van der Waals surface area contributed by atoms with Crippen molar-refractivity contribution in [3.63, 3.8) is 0 Å². The standard InChI is InChI=1S/C18H25N3/c1-6-16-20-15(12-17(21-16)19-7-2)13-8-10-14(11-9-13)18(3,4)5/h8-12H,6-7H2,1-5H3,(H,19,20,21). The number of anilines is 1. The second-order valence-electron chi connectivity index (χ2n) is 6.27. The van der Waals surface area contributed by atoms with Gasteiger partial charge in [-0.2, -0.15) is 0 Å². The van der Waals surface area contributed by atoms with Gasteiger partial charge >= 0.3 is 0 Å². The first-order chi connectivity index (χ1) is 9.94. The van der Waals surface area contributed by atoms with Crippen molar-refractivity contribution >= 4 is 5.82 Å². The molecule has 1 N–H and O–H groups in total. The van der Waals surface area contributed by atoms with Gasteiger partial charge in [0.25, 0.3) is 0 Å². The van der Waals surface area contributed by atoms with E-state index in [0.29, 0.717) is 0 Å². The Balaban J connectivity index is 2.39. The van der Waals surface area contributed by atoms with Gasteiger partial charge in [-0.3, -0.25) is 0 Å². The summed E-state index contributed by atoms with van der Waals surface area (Å²) < 4.78 is 0. The number of hydrogen-bond donors (Lipinski definition) is 1. The van der Waals surface area contributed by atoms with Gasteiger partial charge in [0.1, 0.15) is 11.6 Å². The van der Waals surface area contributed by atoms with Crippen LogP contribution in [0.3, 0.4) is 0 Å². The van der Waals surface area contributed by atoms with Crippen LogP contribution in [-0.4, -0.2) is 16.5 Å². The molecule has 0 aliphatic carbocycles. The fourth-order valence-corrected chi connectivity index (χ4v) is 2.22. The topological polar surface area (TPSA) is 37.8 Å². The Morgan fingerprint density at radius 1 is 1.00 bits per heavy atom. The fraction of sp³-hybridized carbons (Fsp3) is 0.444. The van der Waals surface area contributed by atoms with Crippen molar-refractivity contribution in [1.82, 2.24) is 9.97 Å². The van der Waals surface area contributed by atoms with E-state index in [2.05, 4.69) is 74.2 Å². The summed E-state index contributed by atoms with van der Waals surface area (Å²) in [6, 6.07) is 10.7. The van der Waals surface area contributed by atoms with Crippen LogP contribution < -0.4 is 5.32 Å². The Kier molecular flexibility index (Phi) is 4.61. The van der Waals surface area contributed by atoms with E-state index in [-0.39, 0.29) is 5.41 Å². The Bertz CT molecular complexity index is 595. The molecule has 0 atom stereocenters. The van der Waals surface area contributed by atoms with Crippen LogP contribution in [0.5, 0.6) is 0 Å². The summed E-state index contributed by atoms with van der Waals surface area (Å²) in [7, 11) is 0. The Morgan fingerprint density at radius 3 is 2.19 bits per heavy atom. The first kappa shape index (κ1) is 15.5. The summed E-state index contributed by atoms with van der Waals surface area (Å²) >= 11 is 0. The molecule has 0 saturated carbocycles. The first-order valence-corrected chi connectivity index (χ1v) is 7.66. The molecule has 3 heteroatoms. The highest BCUT2D eigenvalue weighted by molar-refractivity contribution is 5.63. The molecule has 3 nitrogen and oxygen atoms in total. The molecule has 0 radical (unpaired) electrons. The summed E-state index contributed by atoms with van der Waals surface area (Å²) in [6.45, 7) is 11.7. The molecule has 21 heavy (non-hydrogen) atoms. The van der Waals surface area contributed by atoms with Crippen molar-refractivity contribution in [3.05, 3.63) is 41.7 Å². The predicted molar refractivity (Wildman–Crippen MR) is 89.7 cm³/mol. The van der Waals surface area contributed by atoms with E-state index in [1.807, 2.05) is 6.07 Å². The van der Waals surface area contributed by atoms with E-state index in [1.165, 1.54) is 5.56 Å². The normalized spacial score (nSPS) is 11.5. The minimum Gasteiger partial charge on any atom is -0.370 e. The minimum absolute atomic E-state index is 0.174. The molecule has 2 rings (SSSR count). The molecule has 0 fully saturated rings. The average molecular weight is 283 g/mol. The van der Waals surface area contributed by atoms with Gasteiger partial charge in [0.2, 0.25) is 0 Å². The molecule has 0 bridgehead atoms. The van der Waals surface area contributed by atoms with E-state index in [9.17, 15) is 0 Å². The Hall–Kier alpha value is -1.90. The molecule has 1 aromatic carbocycles. The number of nitrogens with zero attached hydrogens (tertiary/aromatic N) is 2.